The molecular weight excluding hydrogens is 337 g/mol. The zero-order chi connectivity index (χ0) is 16.4. The van der Waals surface area contributed by atoms with Crippen molar-refractivity contribution in [3.63, 3.8) is 0 Å². The maximum Gasteiger partial charge on any atom is 0.253 e. The van der Waals surface area contributed by atoms with E-state index in [1.54, 1.807) is 18.2 Å². The van der Waals surface area contributed by atoms with Gasteiger partial charge in [-0.1, -0.05) is 28.4 Å². The minimum absolute atomic E-state index is 0.0134. The van der Waals surface area contributed by atoms with Crippen LogP contribution in [0.5, 0.6) is 0 Å². The summed E-state index contributed by atoms with van der Waals surface area (Å²) in [6, 6.07) is 6.92. The average molecular weight is 354 g/mol. The Bertz CT molecular complexity index is 709. The van der Waals surface area contributed by atoms with Crippen molar-refractivity contribution in [1.82, 2.24) is 15.0 Å². The first-order chi connectivity index (χ1) is 11.0. The molecule has 23 heavy (non-hydrogen) atoms. The van der Waals surface area contributed by atoms with Crippen LogP contribution < -0.4 is 0 Å². The van der Waals surface area contributed by atoms with Crippen molar-refractivity contribution < 1.29 is 9.32 Å². The summed E-state index contributed by atoms with van der Waals surface area (Å²) in [5.41, 5.74) is 1.49. The lowest BCUT2D eigenvalue weighted by Gasteiger charge is -2.34. The molecule has 0 spiro atoms. The van der Waals surface area contributed by atoms with Crippen molar-refractivity contribution in [2.24, 2.45) is 0 Å². The molecule has 1 aliphatic rings. The molecule has 1 saturated heterocycles. The molecule has 2 heterocycles. The Hall–Kier alpha value is -1.56. The normalized spacial score (nSPS) is 15.9. The van der Waals surface area contributed by atoms with Crippen LogP contribution in [0.15, 0.2) is 28.8 Å². The molecule has 1 aromatic carbocycles. The number of rotatable bonds is 3. The number of amides is 1. The van der Waals surface area contributed by atoms with E-state index in [0.717, 1.165) is 31.1 Å². The van der Waals surface area contributed by atoms with E-state index in [1.807, 2.05) is 17.9 Å². The van der Waals surface area contributed by atoms with Gasteiger partial charge < -0.3 is 9.42 Å². The summed E-state index contributed by atoms with van der Waals surface area (Å²) in [4.78, 5) is 16.6. The summed E-state index contributed by atoms with van der Waals surface area (Å²) in [5.74, 6) is 0.800. The summed E-state index contributed by atoms with van der Waals surface area (Å²) in [6.45, 7) is 5.58. The van der Waals surface area contributed by atoms with Crippen molar-refractivity contribution in [3.05, 3.63) is 51.3 Å². The van der Waals surface area contributed by atoms with Gasteiger partial charge in [-0.2, -0.15) is 0 Å². The number of hydrogen-bond donors (Lipinski definition) is 0. The lowest BCUT2D eigenvalue weighted by molar-refractivity contribution is 0.0625. The third-order valence-corrected chi connectivity index (χ3v) is 4.63. The molecule has 3 rings (SSSR count). The van der Waals surface area contributed by atoms with E-state index in [0.29, 0.717) is 28.7 Å². The second-order valence-electron chi connectivity index (χ2n) is 5.63. The largest absolute Gasteiger partial charge is 0.361 e. The van der Waals surface area contributed by atoms with E-state index in [2.05, 4.69) is 10.1 Å². The molecule has 0 N–H and O–H groups in total. The predicted molar refractivity (Wildman–Crippen MR) is 88.9 cm³/mol. The van der Waals surface area contributed by atoms with Gasteiger partial charge >= 0.3 is 0 Å². The number of carbonyl (C=O) groups is 1. The van der Waals surface area contributed by atoms with Gasteiger partial charge in [-0.15, -0.1) is 0 Å². The zero-order valence-electron chi connectivity index (χ0n) is 12.8. The van der Waals surface area contributed by atoms with E-state index in [4.69, 9.17) is 27.7 Å². The SMILES string of the molecule is Cc1cc(CN2CCN(C(=O)c3ccc(Cl)c(Cl)c3)CC2)no1. The molecule has 1 aliphatic heterocycles. The van der Waals surface area contributed by atoms with Gasteiger partial charge in [-0.25, -0.2) is 0 Å². The van der Waals surface area contributed by atoms with E-state index in [1.165, 1.54) is 0 Å². The van der Waals surface area contributed by atoms with Gasteiger partial charge in [0, 0.05) is 44.4 Å². The fourth-order valence-corrected chi connectivity index (χ4v) is 2.94. The second kappa shape index (κ2) is 6.91. The number of aromatic nitrogens is 1. The van der Waals surface area contributed by atoms with E-state index in [-0.39, 0.29) is 5.91 Å². The first kappa shape index (κ1) is 16.3. The van der Waals surface area contributed by atoms with E-state index < -0.39 is 0 Å². The molecule has 0 radical (unpaired) electrons. The number of benzene rings is 1. The monoisotopic (exact) mass is 353 g/mol. The highest BCUT2D eigenvalue weighted by Crippen LogP contribution is 2.23. The lowest BCUT2D eigenvalue weighted by atomic mass is 10.2. The fourth-order valence-electron chi connectivity index (χ4n) is 2.64. The van der Waals surface area contributed by atoms with E-state index in [9.17, 15) is 4.79 Å². The first-order valence-electron chi connectivity index (χ1n) is 7.42. The molecule has 7 heteroatoms. The number of hydrogen-bond acceptors (Lipinski definition) is 4. The Kier molecular flexibility index (Phi) is 4.90. The van der Waals surface area contributed by atoms with Gasteiger partial charge in [0.05, 0.1) is 15.7 Å². The molecule has 5 nitrogen and oxygen atoms in total. The molecule has 1 amide bonds. The highest BCUT2D eigenvalue weighted by Gasteiger charge is 2.23. The van der Waals surface area contributed by atoms with Gasteiger partial charge in [0.15, 0.2) is 0 Å². The van der Waals surface area contributed by atoms with Crippen molar-refractivity contribution in [1.29, 1.82) is 0 Å². The van der Waals surface area contributed by atoms with Crippen LogP contribution in [-0.2, 0) is 6.54 Å². The highest BCUT2D eigenvalue weighted by atomic mass is 35.5. The molecule has 0 unspecified atom stereocenters. The van der Waals surface area contributed by atoms with Crippen LogP contribution in [0.1, 0.15) is 21.8 Å². The molecule has 1 fully saturated rings. The third-order valence-electron chi connectivity index (χ3n) is 3.89. The predicted octanol–water partition coefficient (Wildman–Crippen LogP) is 3.25. The molecule has 0 bridgehead atoms. The summed E-state index contributed by atoms with van der Waals surface area (Å²) < 4.78 is 5.08. The maximum absolute atomic E-state index is 12.5. The summed E-state index contributed by atoms with van der Waals surface area (Å²) in [6.07, 6.45) is 0. The van der Waals surface area contributed by atoms with Gasteiger partial charge in [-0.3, -0.25) is 9.69 Å². The lowest BCUT2D eigenvalue weighted by Crippen LogP contribution is -2.48. The van der Waals surface area contributed by atoms with Gasteiger partial charge in [0.25, 0.3) is 5.91 Å². The minimum atomic E-state index is -0.0134. The van der Waals surface area contributed by atoms with Crippen LogP contribution >= 0.6 is 23.2 Å². The fraction of sp³-hybridized carbons (Fsp3) is 0.375. The molecule has 122 valence electrons. The van der Waals surface area contributed by atoms with Crippen molar-refractivity contribution >= 4 is 29.1 Å². The average Bonchev–Trinajstić information content (AvgIpc) is 2.95. The smallest absolute Gasteiger partial charge is 0.253 e. The Labute approximate surface area is 144 Å². The van der Waals surface area contributed by atoms with Crippen LogP contribution in [0.4, 0.5) is 0 Å². The van der Waals surface area contributed by atoms with Crippen molar-refractivity contribution in [2.45, 2.75) is 13.5 Å². The number of aryl methyl sites for hydroxylation is 1. The molecule has 0 aliphatic carbocycles. The van der Waals surface area contributed by atoms with Gasteiger partial charge in [-0.05, 0) is 25.1 Å². The van der Waals surface area contributed by atoms with E-state index >= 15 is 0 Å². The van der Waals surface area contributed by atoms with Crippen molar-refractivity contribution in [3.8, 4) is 0 Å². The molecule has 0 saturated carbocycles. The Morgan fingerprint density at radius 1 is 1.17 bits per heavy atom. The Balaban J connectivity index is 1.57. The topological polar surface area (TPSA) is 49.6 Å². The third kappa shape index (κ3) is 3.86. The summed E-state index contributed by atoms with van der Waals surface area (Å²) >= 11 is 11.9. The molecule has 0 atom stereocenters. The van der Waals surface area contributed by atoms with Crippen LogP contribution in [-0.4, -0.2) is 47.0 Å². The number of carbonyl (C=O) groups excluding carboxylic acids is 1. The zero-order valence-corrected chi connectivity index (χ0v) is 14.3. The summed E-state index contributed by atoms with van der Waals surface area (Å²) in [5, 5.41) is 4.86. The quantitative estimate of drug-likeness (QED) is 0.849. The highest BCUT2D eigenvalue weighted by molar-refractivity contribution is 6.42. The Morgan fingerprint density at radius 3 is 2.52 bits per heavy atom. The van der Waals surface area contributed by atoms with Crippen LogP contribution in [0.2, 0.25) is 10.0 Å². The molecule has 2 aromatic rings. The van der Waals surface area contributed by atoms with Crippen molar-refractivity contribution in [2.75, 3.05) is 26.2 Å². The summed E-state index contributed by atoms with van der Waals surface area (Å²) in [7, 11) is 0. The second-order valence-corrected chi connectivity index (χ2v) is 6.44. The first-order valence-corrected chi connectivity index (χ1v) is 8.17. The van der Waals surface area contributed by atoms with Gasteiger partial charge in [0.1, 0.15) is 5.76 Å². The van der Waals surface area contributed by atoms with Gasteiger partial charge in [0.2, 0.25) is 0 Å². The maximum atomic E-state index is 12.5. The van der Waals surface area contributed by atoms with Crippen LogP contribution in [0.25, 0.3) is 0 Å². The minimum Gasteiger partial charge on any atom is -0.361 e. The van der Waals surface area contributed by atoms with Crippen LogP contribution in [0, 0.1) is 6.92 Å². The van der Waals surface area contributed by atoms with Crippen LogP contribution in [0.3, 0.4) is 0 Å². The number of nitrogens with zero attached hydrogens (tertiary/aromatic N) is 3. The standard InChI is InChI=1S/C16H17Cl2N3O2/c1-11-8-13(19-23-11)10-20-4-6-21(7-5-20)16(22)12-2-3-14(17)15(18)9-12/h2-3,8-9H,4-7,10H2,1H3. The Morgan fingerprint density at radius 2 is 1.91 bits per heavy atom. The molecule has 1 aromatic heterocycles. The number of piperazine rings is 1. The molecular formula is C16H17Cl2N3O2. The number of halogens is 2.